The van der Waals surface area contributed by atoms with Crippen LogP contribution in [0.5, 0.6) is 0 Å². The maximum absolute atomic E-state index is 12.1. The SMILES string of the molecule is COC(=O)CNC(=O)CC1(Cn2cccc2)CCCCC1. The van der Waals surface area contributed by atoms with E-state index in [1.165, 1.54) is 26.4 Å². The number of hydrogen-bond acceptors (Lipinski definition) is 3. The number of esters is 1. The molecule has 1 aliphatic rings. The molecule has 0 atom stereocenters. The normalized spacial score (nSPS) is 17.2. The second kappa shape index (κ2) is 7.29. The summed E-state index contributed by atoms with van der Waals surface area (Å²) in [7, 11) is 1.32. The molecule has 116 valence electrons. The molecule has 1 N–H and O–H groups in total. The van der Waals surface area contributed by atoms with Crippen molar-refractivity contribution in [3.8, 4) is 0 Å². The van der Waals surface area contributed by atoms with Crippen molar-refractivity contribution in [3.63, 3.8) is 0 Å². The van der Waals surface area contributed by atoms with E-state index in [4.69, 9.17) is 0 Å². The average molecular weight is 292 g/mol. The van der Waals surface area contributed by atoms with E-state index in [2.05, 4.69) is 14.6 Å². The monoisotopic (exact) mass is 292 g/mol. The molecule has 0 bridgehead atoms. The number of hydrogen-bond donors (Lipinski definition) is 1. The number of methoxy groups -OCH3 is 1. The molecule has 1 aromatic rings. The van der Waals surface area contributed by atoms with Gasteiger partial charge in [0.05, 0.1) is 7.11 Å². The van der Waals surface area contributed by atoms with Gasteiger partial charge in [-0.05, 0) is 30.4 Å². The van der Waals surface area contributed by atoms with Crippen molar-refractivity contribution in [1.82, 2.24) is 9.88 Å². The number of nitrogens with one attached hydrogen (secondary N) is 1. The van der Waals surface area contributed by atoms with Gasteiger partial charge in [-0.15, -0.1) is 0 Å². The number of aromatic nitrogens is 1. The van der Waals surface area contributed by atoms with Gasteiger partial charge in [-0.3, -0.25) is 9.59 Å². The molecular formula is C16H24N2O3. The zero-order valence-corrected chi connectivity index (χ0v) is 12.6. The summed E-state index contributed by atoms with van der Waals surface area (Å²) in [5.41, 5.74) is 0.0114. The third kappa shape index (κ3) is 4.62. The summed E-state index contributed by atoms with van der Waals surface area (Å²) in [6, 6.07) is 4.02. The van der Waals surface area contributed by atoms with E-state index < -0.39 is 5.97 Å². The predicted octanol–water partition coefficient (Wildman–Crippen LogP) is 2.12. The lowest BCUT2D eigenvalue weighted by molar-refractivity contribution is -0.141. The van der Waals surface area contributed by atoms with Crippen LogP contribution in [0.1, 0.15) is 38.5 Å². The Kier molecular flexibility index (Phi) is 5.42. The second-order valence-corrected chi connectivity index (χ2v) is 5.95. The molecule has 0 unspecified atom stereocenters. The van der Waals surface area contributed by atoms with E-state index in [0.29, 0.717) is 6.42 Å². The first kappa shape index (κ1) is 15.6. The van der Waals surface area contributed by atoms with Gasteiger partial charge in [-0.25, -0.2) is 0 Å². The minimum absolute atomic E-state index is 0.0114. The minimum Gasteiger partial charge on any atom is -0.468 e. The van der Waals surface area contributed by atoms with Gasteiger partial charge in [-0.2, -0.15) is 0 Å². The van der Waals surface area contributed by atoms with E-state index in [0.717, 1.165) is 19.4 Å². The molecule has 1 aliphatic carbocycles. The summed E-state index contributed by atoms with van der Waals surface area (Å²) in [4.78, 5) is 23.2. The molecule has 0 spiro atoms. The fourth-order valence-electron chi connectivity index (χ4n) is 3.20. The van der Waals surface area contributed by atoms with Crippen molar-refractivity contribution in [2.24, 2.45) is 5.41 Å². The third-order valence-electron chi connectivity index (χ3n) is 4.29. The summed E-state index contributed by atoms with van der Waals surface area (Å²) in [6.07, 6.45) is 10.3. The van der Waals surface area contributed by atoms with Crippen LogP contribution in [0.3, 0.4) is 0 Å². The van der Waals surface area contributed by atoms with Crippen LogP contribution in [0.15, 0.2) is 24.5 Å². The molecule has 5 heteroatoms. The molecular weight excluding hydrogens is 268 g/mol. The maximum atomic E-state index is 12.1. The highest BCUT2D eigenvalue weighted by Crippen LogP contribution is 2.40. The zero-order chi connectivity index (χ0) is 15.1. The highest BCUT2D eigenvalue weighted by atomic mass is 16.5. The van der Waals surface area contributed by atoms with Gasteiger partial charge in [0.1, 0.15) is 6.54 Å². The van der Waals surface area contributed by atoms with Crippen LogP contribution in [0.25, 0.3) is 0 Å². The topological polar surface area (TPSA) is 60.3 Å². The average Bonchev–Trinajstić information content (AvgIpc) is 2.98. The van der Waals surface area contributed by atoms with Crippen molar-refractivity contribution >= 4 is 11.9 Å². The first-order valence-electron chi connectivity index (χ1n) is 7.58. The van der Waals surface area contributed by atoms with E-state index in [-0.39, 0.29) is 17.9 Å². The van der Waals surface area contributed by atoms with Gasteiger partial charge >= 0.3 is 5.97 Å². The number of amides is 1. The summed E-state index contributed by atoms with van der Waals surface area (Å²) < 4.78 is 6.69. The van der Waals surface area contributed by atoms with Crippen LogP contribution in [0.2, 0.25) is 0 Å². The summed E-state index contributed by atoms with van der Waals surface area (Å²) in [6.45, 7) is 0.820. The van der Waals surface area contributed by atoms with Gasteiger partial charge in [0, 0.05) is 25.4 Å². The number of ether oxygens (including phenoxy) is 1. The van der Waals surface area contributed by atoms with E-state index in [1.54, 1.807) is 0 Å². The van der Waals surface area contributed by atoms with E-state index in [9.17, 15) is 9.59 Å². The summed E-state index contributed by atoms with van der Waals surface area (Å²) in [5.74, 6) is -0.471. The Bertz CT molecular complexity index is 462. The quantitative estimate of drug-likeness (QED) is 0.817. The van der Waals surface area contributed by atoms with E-state index >= 15 is 0 Å². The Morgan fingerprint density at radius 3 is 2.48 bits per heavy atom. The first-order valence-corrected chi connectivity index (χ1v) is 7.58. The molecule has 1 aromatic heterocycles. The van der Waals surface area contributed by atoms with Crippen LogP contribution in [-0.4, -0.2) is 30.1 Å². The molecule has 21 heavy (non-hydrogen) atoms. The Morgan fingerprint density at radius 1 is 1.19 bits per heavy atom. The summed E-state index contributed by atoms with van der Waals surface area (Å²) in [5, 5.41) is 2.66. The van der Waals surface area contributed by atoms with Gasteiger partial charge in [0.15, 0.2) is 0 Å². The smallest absolute Gasteiger partial charge is 0.325 e. The fourth-order valence-corrected chi connectivity index (χ4v) is 3.20. The highest BCUT2D eigenvalue weighted by molar-refractivity contribution is 5.82. The number of carbonyl (C=O) groups excluding carboxylic acids is 2. The van der Waals surface area contributed by atoms with E-state index in [1.807, 2.05) is 24.5 Å². The zero-order valence-electron chi connectivity index (χ0n) is 12.6. The van der Waals surface area contributed by atoms with Gasteiger partial charge in [0.2, 0.25) is 5.91 Å². The molecule has 1 heterocycles. The Morgan fingerprint density at radius 2 is 1.86 bits per heavy atom. The number of carbonyl (C=O) groups is 2. The van der Waals surface area contributed by atoms with Crippen molar-refractivity contribution in [2.45, 2.75) is 45.1 Å². The molecule has 0 aromatic carbocycles. The lowest BCUT2D eigenvalue weighted by Gasteiger charge is -2.37. The Balaban J connectivity index is 1.95. The van der Waals surface area contributed by atoms with Crippen LogP contribution in [-0.2, 0) is 20.9 Å². The maximum Gasteiger partial charge on any atom is 0.325 e. The molecule has 1 fully saturated rings. The molecule has 0 radical (unpaired) electrons. The van der Waals surface area contributed by atoms with Crippen LogP contribution >= 0.6 is 0 Å². The van der Waals surface area contributed by atoms with Crippen molar-refractivity contribution in [2.75, 3.05) is 13.7 Å². The lowest BCUT2D eigenvalue weighted by Crippen LogP contribution is -2.38. The van der Waals surface area contributed by atoms with Gasteiger partial charge < -0.3 is 14.6 Å². The minimum atomic E-state index is -0.411. The standard InChI is InChI=1S/C16H24N2O3/c1-21-15(20)12-17-14(19)11-16(7-3-2-4-8-16)13-18-9-5-6-10-18/h5-6,9-10H,2-4,7-8,11-13H2,1H3,(H,17,19). The van der Waals surface area contributed by atoms with Crippen LogP contribution in [0, 0.1) is 5.41 Å². The molecule has 2 rings (SSSR count). The fraction of sp³-hybridized carbons (Fsp3) is 0.625. The predicted molar refractivity (Wildman–Crippen MR) is 79.6 cm³/mol. The third-order valence-corrected chi connectivity index (χ3v) is 4.29. The molecule has 1 saturated carbocycles. The molecule has 0 aliphatic heterocycles. The number of rotatable bonds is 6. The lowest BCUT2D eigenvalue weighted by atomic mass is 9.71. The van der Waals surface area contributed by atoms with Crippen LogP contribution in [0.4, 0.5) is 0 Å². The highest BCUT2D eigenvalue weighted by Gasteiger charge is 2.34. The van der Waals surface area contributed by atoms with Crippen LogP contribution < -0.4 is 5.32 Å². The van der Waals surface area contributed by atoms with Crippen molar-refractivity contribution in [3.05, 3.63) is 24.5 Å². The van der Waals surface area contributed by atoms with Gasteiger partial charge in [0.25, 0.3) is 0 Å². The largest absolute Gasteiger partial charge is 0.468 e. The number of nitrogens with zero attached hydrogens (tertiary/aromatic N) is 1. The summed E-state index contributed by atoms with van der Waals surface area (Å²) >= 11 is 0. The second-order valence-electron chi connectivity index (χ2n) is 5.95. The van der Waals surface area contributed by atoms with Crippen molar-refractivity contribution < 1.29 is 14.3 Å². The van der Waals surface area contributed by atoms with Crippen molar-refractivity contribution in [1.29, 1.82) is 0 Å². The Labute approximate surface area is 125 Å². The van der Waals surface area contributed by atoms with Gasteiger partial charge in [-0.1, -0.05) is 19.3 Å². The molecule has 5 nitrogen and oxygen atoms in total. The molecule has 1 amide bonds. The Hall–Kier alpha value is -1.78. The molecule has 0 saturated heterocycles. The first-order chi connectivity index (χ1) is 10.1.